The van der Waals surface area contributed by atoms with Gasteiger partial charge in [-0.05, 0) is 13.8 Å². The molecule has 1 amide bonds. The Morgan fingerprint density at radius 2 is 2.04 bits per heavy atom. The van der Waals surface area contributed by atoms with Crippen LogP contribution in [-0.2, 0) is 9.53 Å². The van der Waals surface area contributed by atoms with E-state index >= 15 is 0 Å². The summed E-state index contributed by atoms with van der Waals surface area (Å²) in [6.07, 6.45) is -0.0501. The summed E-state index contributed by atoms with van der Waals surface area (Å²) in [5.74, 6) is 0.164. The Hall–Kier alpha value is -0.600. The molecule has 1 aromatic rings. The number of carbonyl (C=O) groups is 1. The summed E-state index contributed by atoms with van der Waals surface area (Å²) in [7, 11) is 0. The molecule has 23 heavy (non-hydrogen) atoms. The third-order valence-electron chi connectivity index (χ3n) is 4.05. The lowest BCUT2D eigenvalue weighted by atomic mass is 10.1. The molecule has 2 aliphatic heterocycles. The van der Waals surface area contributed by atoms with Gasteiger partial charge >= 0.3 is 0 Å². The number of piperazine rings is 1. The minimum atomic E-state index is -0.201. The highest BCUT2D eigenvalue weighted by molar-refractivity contribution is 7.13. The Bertz CT molecular complexity index is 509. The van der Waals surface area contributed by atoms with Crippen LogP contribution in [0.3, 0.4) is 0 Å². The van der Waals surface area contributed by atoms with Crippen molar-refractivity contribution in [2.24, 2.45) is 0 Å². The van der Waals surface area contributed by atoms with Crippen LogP contribution in [0, 0.1) is 6.92 Å². The van der Waals surface area contributed by atoms with Gasteiger partial charge in [0.25, 0.3) is 0 Å². The molecule has 2 fully saturated rings. The number of nitrogens with one attached hydrogen (secondary N) is 1. The van der Waals surface area contributed by atoms with Crippen molar-refractivity contribution < 1.29 is 9.53 Å². The van der Waals surface area contributed by atoms with Crippen molar-refractivity contribution >= 4 is 47.2 Å². The number of halogens is 2. The van der Waals surface area contributed by atoms with E-state index in [0.29, 0.717) is 6.61 Å². The lowest BCUT2D eigenvalue weighted by molar-refractivity contribution is -0.139. The molecular formula is C14H24Cl2N4O2S. The van der Waals surface area contributed by atoms with Gasteiger partial charge < -0.3 is 19.9 Å². The minimum absolute atomic E-state index is 0. The third-order valence-corrected chi connectivity index (χ3v) is 5.07. The lowest BCUT2D eigenvalue weighted by Gasteiger charge is -2.38. The first kappa shape index (κ1) is 20.4. The van der Waals surface area contributed by atoms with E-state index in [4.69, 9.17) is 4.74 Å². The van der Waals surface area contributed by atoms with Gasteiger partial charge in [0.1, 0.15) is 6.04 Å². The summed E-state index contributed by atoms with van der Waals surface area (Å²) >= 11 is 1.67. The van der Waals surface area contributed by atoms with E-state index in [9.17, 15) is 4.79 Å². The second-order valence-corrected chi connectivity index (χ2v) is 6.43. The van der Waals surface area contributed by atoms with Crippen LogP contribution in [0.1, 0.15) is 12.6 Å². The number of ether oxygens (including phenoxy) is 1. The van der Waals surface area contributed by atoms with Gasteiger partial charge in [0.05, 0.1) is 18.4 Å². The van der Waals surface area contributed by atoms with Crippen LogP contribution in [0.15, 0.2) is 5.38 Å². The van der Waals surface area contributed by atoms with Crippen molar-refractivity contribution in [3.05, 3.63) is 11.1 Å². The standard InChI is InChI=1S/C14H22N4O2S.2ClH/c1-10-9-21-14(16-10)18-6-4-17(5-7-18)13(19)12-11(2)20-8-3-15-12;;/h9,11-12,15H,3-8H2,1-2H3;2*1H/t11-,12+;;/m1../s1. The monoisotopic (exact) mass is 382 g/mol. The zero-order chi connectivity index (χ0) is 14.8. The number of hydrogen-bond donors (Lipinski definition) is 1. The summed E-state index contributed by atoms with van der Waals surface area (Å²) in [5, 5.41) is 6.40. The predicted octanol–water partition coefficient (Wildman–Crippen LogP) is 1.32. The van der Waals surface area contributed by atoms with Crippen LogP contribution in [0.2, 0.25) is 0 Å². The van der Waals surface area contributed by atoms with E-state index in [-0.39, 0.29) is 42.9 Å². The first-order chi connectivity index (χ1) is 10.1. The van der Waals surface area contributed by atoms with Crippen molar-refractivity contribution in [2.75, 3.05) is 44.2 Å². The molecule has 9 heteroatoms. The molecule has 3 rings (SSSR count). The minimum Gasteiger partial charge on any atom is -0.375 e. The highest BCUT2D eigenvalue weighted by atomic mass is 35.5. The molecule has 1 aromatic heterocycles. The normalized spacial score (nSPS) is 24.6. The number of hydrogen-bond acceptors (Lipinski definition) is 6. The molecule has 2 saturated heterocycles. The Balaban J connectivity index is 0.00000132. The number of amides is 1. The quantitative estimate of drug-likeness (QED) is 0.835. The van der Waals surface area contributed by atoms with E-state index in [1.165, 1.54) is 0 Å². The van der Waals surface area contributed by atoms with Gasteiger partial charge in [0, 0.05) is 38.1 Å². The van der Waals surface area contributed by atoms with Crippen molar-refractivity contribution in [2.45, 2.75) is 26.0 Å². The fourth-order valence-corrected chi connectivity index (χ4v) is 3.67. The van der Waals surface area contributed by atoms with Gasteiger partial charge in [-0.1, -0.05) is 0 Å². The molecule has 2 atom stereocenters. The average molecular weight is 383 g/mol. The molecule has 0 radical (unpaired) electrons. The Morgan fingerprint density at radius 1 is 1.35 bits per heavy atom. The number of carbonyl (C=O) groups excluding carboxylic acids is 1. The SMILES string of the molecule is Cc1csc(N2CCN(C(=O)[C@H]3NCCO[C@@H]3C)CC2)n1.Cl.Cl. The first-order valence-electron chi connectivity index (χ1n) is 7.46. The van der Waals surface area contributed by atoms with E-state index in [1.54, 1.807) is 11.3 Å². The molecule has 6 nitrogen and oxygen atoms in total. The molecule has 0 bridgehead atoms. The molecule has 2 aliphatic rings. The molecule has 0 saturated carbocycles. The number of morpholine rings is 1. The summed E-state index contributed by atoms with van der Waals surface area (Å²) in [6, 6.07) is -0.201. The van der Waals surface area contributed by atoms with Gasteiger partial charge in [-0.15, -0.1) is 36.2 Å². The number of thiazole rings is 1. The van der Waals surface area contributed by atoms with Crippen molar-refractivity contribution in [3.8, 4) is 0 Å². The summed E-state index contributed by atoms with van der Waals surface area (Å²) < 4.78 is 5.57. The Labute approximate surface area is 153 Å². The fourth-order valence-electron chi connectivity index (χ4n) is 2.81. The largest absolute Gasteiger partial charge is 0.375 e. The number of aromatic nitrogens is 1. The Kier molecular flexibility index (Phi) is 8.03. The number of anilines is 1. The molecule has 0 spiro atoms. The zero-order valence-corrected chi connectivity index (χ0v) is 15.8. The summed E-state index contributed by atoms with van der Waals surface area (Å²) in [5.41, 5.74) is 1.06. The molecule has 0 aromatic carbocycles. The Morgan fingerprint density at radius 3 is 2.61 bits per heavy atom. The van der Waals surface area contributed by atoms with Gasteiger partial charge in [0.2, 0.25) is 5.91 Å². The van der Waals surface area contributed by atoms with Crippen LogP contribution < -0.4 is 10.2 Å². The van der Waals surface area contributed by atoms with E-state index < -0.39 is 0 Å². The van der Waals surface area contributed by atoms with Crippen molar-refractivity contribution in [1.29, 1.82) is 0 Å². The molecular weight excluding hydrogens is 359 g/mol. The third kappa shape index (κ3) is 4.70. The highest BCUT2D eigenvalue weighted by Crippen LogP contribution is 2.21. The second-order valence-electron chi connectivity index (χ2n) is 5.59. The summed E-state index contributed by atoms with van der Waals surface area (Å²) in [4.78, 5) is 21.3. The number of aryl methyl sites for hydroxylation is 1. The zero-order valence-electron chi connectivity index (χ0n) is 13.4. The van der Waals surface area contributed by atoms with Crippen molar-refractivity contribution in [1.82, 2.24) is 15.2 Å². The average Bonchev–Trinajstić information content (AvgIpc) is 2.94. The first-order valence-corrected chi connectivity index (χ1v) is 8.34. The number of rotatable bonds is 2. The van der Waals surface area contributed by atoms with Crippen LogP contribution in [0.4, 0.5) is 5.13 Å². The summed E-state index contributed by atoms with van der Waals surface area (Å²) in [6.45, 7) is 8.60. The van der Waals surface area contributed by atoms with Gasteiger partial charge in [-0.3, -0.25) is 4.79 Å². The maximum atomic E-state index is 12.6. The van der Waals surface area contributed by atoms with Crippen LogP contribution in [0.5, 0.6) is 0 Å². The maximum Gasteiger partial charge on any atom is 0.242 e. The van der Waals surface area contributed by atoms with Crippen LogP contribution in [0.25, 0.3) is 0 Å². The molecule has 0 aliphatic carbocycles. The molecule has 1 N–H and O–H groups in total. The van der Waals surface area contributed by atoms with Gasteiger partial charge in [0.15, 0.2) is 5.13 Å². The predicted molar refractivity (Wildman–Crippen MR) is 97.3 cm³/mol. The van der Waals surface area contributed by atoms with Gasteiger partial charge in [-0.2, -0.15) is 0 Å². The van der Waals surface area contributed by atoms with Crippen molar-refractivity contribution in [3.63, 3.8) is 0 Å². The molecule has 132 valence electrons. The fraction of sp³-hybridized carbons (Fsp3) is 0.714. The van der Waals surface area contributed by atoms with Gasteiger partial charge in [-0.25, -0.2) is 4.98 Å². The second kappa shape index (κ2) is 9.03. The highest BCUT2D eigenvalue weighted by Gasteiger charge is 2.33. The molecule has 3 heterocycles. The van der Waals surface area contributed by atoms with E-state index in [1.807, 2.05) is 18.7 Å². The lowest BCUT2D eigenvalue weighted by Crippen LogP contribution is -2.59. The van der Waals surface area contributed by atoms with Crippen LogP contribution >= 0.6 is 36.2 Å². The maximum absolute atomic E-state index is 12.6. The van der Waals surface area contributed by atoms with E-state index in [2.05, 4.69) is 20.6 Å². The number of nitrogens with zero attached hydrogens (tertiary/aromatic N) is 3. The smallest absolute Gasteiger partial charge is 0.242 e. The van der Waals surface area contributed by atoms with Crippen LogP contribution in [-0.4, -0.2) is 67.3 Å². The molecule has 0 unspecified atom stereocenters. The topological polar surface area (TPSA) is 57.7 Å². The van der Waals surface area contributed by atoms with E-state index in [0.717, 1.165) is 43.5 Å².